The quantitative estimate of drug-likeness (QED) is 0.479. The van der Waals surface area contributed by atoms with Gasteiger partial charge in [0.25, 0.3) is 5.91 Å². The van der Waals surface area contributed by atoms with Crippen molar-refractivity contribution < 1.29 is 19.1 Å². The molecule has 188 valence electrons. The number of anilines is 2. The number of hydrogen-bond acceptors (Lipinski definition) is 9. The molecule has 0 saturated carbocycles. The van der Waals surface area contributed by atoms with Crippen LogP contribution in [0.3, 0.4) is 0 Å². The maximum absolute atomic E-state index is 12.3. The number of ether oxygens (including phenoxy) is 2. The molecule has 0 radical (unpaired) electrons. The number of piperidine rings is 1. The largest absolute Gasteiger partial charge is 0.455 e. The van der Waals surface area contributed by atoms with Gasteiger partial charge in [-0.1, -0.05) is 0 Å². The molecular weight excluding hydrogens is 460 g/mol. The molecule has 1 amide bonds. The highest BCUT2D eigenvalue weighted by atomic mass is 16.5. The number of carbonyl (C=O) groups excluding carboxylic acids is 2. The minimum Gasteiger partial charge on any atom is -0.455 e. The molecule has 2 aliphatic heterocycles. The number of carbonyl (C=O) groups is 2. The van der Waals surface area contributed by atoms with Crippen LogP contribution >= 0.6 is 0 Å². The molecule has 2 aliphatic rings. The van der Waals surface area contributed by atoms with Gasteiger partial charge in [-0.15, -0.1) is 0 Å². The van der Waals surface area contributed by atoms with Crippen LogP contribution in [0.15, 0.2) is 42.9 Å². The molecule has 36 heavy (non-hydrogen) atoms. The van der Waals surface area contributed by atoms with Crippen LogP contribution in [0.4, 0.5) is 11.6 Å². The first kappa shape index (κ1) is 23.9. The predicted octanol–water partition coefficient (Wildman–Crippen LogP) is 2.53. The van der Waals surface area contributed by atoms with E-state index in [0.29, 0.717) is 32.0 Å². The van der Waals surface area contributed by atoms with Gasteiger partial charge in [-0.25, -0.2) is 9.97 Å². The van der Waals surface area contributed by atoms with Crippen LogP contribution in [0.2, 0.25) is 0 Å². The lowest BCUT2D eigenvalue weighted by Gasteiger charge is -2.32. The van der Waals surface area contributed by atoms with E-state index in [1.54, 1.807) is 12.4 Å². The number of nitrogens with one attached hydrogen (secondary N) is 1. The van der Waals surface area contributed by atoms with Gasteiger partial charge >= 0.3 is 5.97 Å². The van der Waals surface area contributed by atoms with Gasteiger partial charge in [0.15, 0.2) is 6.61 Å². The van der Waals surface area contributed by atoms with E-state index in [9.17, 15) is 9.59 Å². The van der Waals surface area contributed by atoms with Crippen LogP contribution < -0.4 is 16.0 Å². The zero-order valence-corrected chi connectivity index (χ0v) is 20.1. The molecule has 10 heteroatoms. The lowest BCUT2D eigenvalue weighted by atomic mass is 9.96. The van der Waals surface area contributed by atoms with Crippen molar-refractivity contribution in [3.8, 4) is 11.3 Å². The molecule has 5 heterocycles. The summed E-state index contributed by atoms with van der Waals surface area (Å²) in [6, 6.07) is 8.36. The van der Waals surface area contributed by atoms with Gasteiger partial charge in [0.1, 0.15) is 11.6 Å². The van der Waals surface area contributed by atoms with Crippen LogP contribution in [0.5, 0.6) is 0 Å². The molecule has 3 aromatic rings. The number of rotatable bonds is 7. The highest BCUT2D eigenvalue weighted by molar-refractivity contribution is 5.94. The van der Waals surface area contributed by atoms with Crippen LogP contribution in [-0.4, -0.2) is 65.8 Å². The molecule has 5 rings (SSSR count). The summed E-state index contributed by atoms with van der Waals surface area (Å²) in [5, 5.41) is 5.53. The zero-order valence-electron chi connectivity index (χ0n) is 20.1. The fourth-order valence-corrected chi connectivity index (χ4v) is 4.78. The van der Waals surface area contributed by atoms with Crippen LogP contribution in [0.25, 0.3) is 22.0 Å². The van der Waals surface area contributed by atoms with Gasteiger partial charge in [0.05, 0.1) is 11.6 Å². The first-order valence-electron chi connectivity index (χ1n) is 12.3. The fraction of sp³-hybridized carbons (Fsp3) is 0.423. The summed E-state index contributed by atoms with van der Waals surface area (Å²) in [7, 11) is 0. The fourth-order valence-electron chi connectivity index (χ4n) is 4.78. The second-order valence-electron chi connectivity index (χ2n) is 9.22. The molecule has 0 aromatic carbocycles. The van der Waals surface area contributed by atoms with Crippen LogP contribution in [0.1, 0.15) is 25.7 Å². The Hall–Kier alpha value is -3.79. The third-order valence-corrected chi connectivity index (χ3v) is 6.72. The minimum atomic E-state index is -0.649. The lowest BCUT2D eigenvalue weighted by molar-refractivity contribution is -0.152. The van der Waals surface area contributed by atoms with Gasteiger partial charge in [-0.05, 0) is 49.9 Å². The molecule has 10 nitrogen and oxygen atoms in total. The Labute approximate surface area is 209 Å². The standard InChI is InChI=1S/C26H30N6O4/c27-23(33)16-36-26(34)17-3-9-32(10-4-17)25-21-2-7-28-15-19(21)13-22(31-25)18-1-8-29-24(14-18)30-20-5-11-35-12-6-20/h1-2,7-8,13-15,17,20H,3-6,9-12,16H2,(H2,27,33)(H,29,30). The maximum Gasteiger partial charge on any atom is 0.309 e. The monoisotopic (exact) mass is 490 g/mol. The van der Waals surface area contributed by atoms with Crippen molar-refractivity contribution in [2.75, 3.05) is 43.1 Å². The van der Waals surface area contributed by atoms with E-state index in [0.717, 1.165) is 59.7 Å². The van der Waals surface area contributed by atoms with Gasteiger partial charge in [0, 0.05) is 67.3 Å². The third kappa shape index (κ3) is 5.54. The molecule has 0 spiro atoms. The number of primary amides is 1. The Kier molecular flexibility index (Phi) is 7.22. The molecule has 2 fully saturated rings. The molecule has 3 N–H and O–H groups in total. The lowest BCUT2D eigenvalue weighted by Crippen LogP contribution is -2.38. The first-order valence-corrected chi connectivity index (χ1v) is 12.3. The number of pyridine rings is 3. The molecule has 0 atom stereocenters. The Balaban J connectivity index is 1.37. The average molecular weight is 491 g/mol. The summed E-state index contributed by atoms with van der Waals surface area (Å²) in [5.74, 6) is 0.416. The number of nitrogens with zero attached hydrogens (tertiary/aromatic N) is 4. The molecule has 0 bridgehead atoms. The summed E-state index contributed by atoms with van der Waals surface area (Å²) < 4.78 is 10.5. The molecule has 2 saturated heterocycles. The first-order chi connectivity index (χ1) is 17.6. The van der Waals surface area contributed by atoms with Gasteiger partial charge in [-0.3, -0.25) is 14.6 Å². The normalized spacial score (nSPS) is 17.2. The topological polar surface area (TPSA) is 133 Å². The minimum absolute atomic E-state index is 0.254. The van der Waals surface area contributed by atoms with E-state index in [2.05, 4.69) is 20.2 Å². The number of aromatic nitrogens is 3. The van der Waals surface area contributed by atoms with Crippen molar-refractivity contribution in [2.45, 2.75) is 31.7 Å². The van der Waals surface area contributed by atoms with Crippen LogP contribution in [0, 0.1) is 5.92 Å². The number of nitrogens with two attached hydrogens (primary N) is 1. The van der Waals surface area contributed by atoms with Gasteiger partial charge < -0.3 is 25.4 Å². The summed E-state index contributed by atoms with van der Waals surface area (Å²) in [6.45, 7) is 2.45. The summed E-state index contributed by atoms with van der Waals surface area (Å²) in [5.41, 5.74) is 6.90. The van der Waals surface area contributed by atoms with E-state index in [1.807, 2.05) is 30.5 Å². The second-order valence-corrected chi connectivity index (χ2v) is 9.22. The van der Waals surface area contributed by atoms with E-state index >= 15 is 0 Å². The van der Waals surface area contributed by atoms with Crippen molar-refractivity contribution in [1.82, 2.24) is 15.0 Å². The van der Waals surface area contributed by atoms with E-state index in [-0.39, 0.29) is 18.5 Å². The number of amides is 1. The van der Waals surface area contributed by atoms with Gasteiger partial charge in [0.2, 0.25) is 0 Å². The highest BCUT2D eigenvalue weighted by Crippen LogP contribution is 2.33. The highest BCUT2D eigenvalue weighted by Gasteiger charge is 2.28. The SMILES string of the molecule is NC(=O)COC(=O)C1CCN(c2nc(-c3ccnc(NC4CCOCC4)c3)cc3cnccc23)CC1. The number of fused-ring (bicyclic) bond motifs is 1. The zero-order chi connectivity index (χ0) is 24.9. The third-order valence-electron chi connectivity index (χ3n) is 6.72. The Morgan fingerprint density at radius 1 is 1.11 bits per heavy atom. The van der Waals surface area contributed by atoms with Crippen molar-refractivity contribution in [1.29, 1.82) is 0 Å². The number of hydrogen-bond donors (Lipinski definition) is 2. The van der Waals surface area contributed by atoms with Crippen molar-refractivity contribution in [2.24, 2.45) is 11.7 Å². The smallest absolute Gasteiger partial charge is 0.309 e. The summed E-state index contributed by atoms with van der Waals surface area (Å²) >= 11 is 0. The summed E-state index contributed by atoms with van der Waals surface area (Å²) in [4.78, 5) is 39.3. The van der Waals surface area contributed by atoms with E-state index in [4.69, 9.17) is 20.2 Å². The Morgan fingerprint density at radius 2 is 1.92 bits per heavy atom. The molecule has 3 aromatic heterocycles. The van der Waals surface area contributed by atoms with Crippen molar-refractivity contribution in [3.63, 3.8) is 0 Å². The Bertz CT molecular complexity index is 1240. The molecular formula is C26H30N6O4. The van der Waals surface area contributed by atoms with Crippen molar-refractivity contribution >= 4 is 34.3 Å². The van der Waals surface area contributed by atoms with E-state index in [1.165, 1.54) is 0 Å². The predicted molar refractivity (Wildman–Crippen MR) is 135 cm³/mol. The molecule has 0 unspecified atom stereocenters. The summed E-state index contributed by atoms with van der Waals surface area (Å²) in [6.07, 6.45) is 8.57. The maximum atomic E-state index is 12.3. The van der Waals surface area contributed by atoms with Gasteiger partial charge in [-0.2, -0.15) is 0 Å². The Morgan fingerprint density at radius 3 is 2.69 bits per heavy atom. The van der Waals surface area contributed by atoms with E-state index < -0.39 is 5.91 Å². The molecule has 0 aliphatic carbocycles. The van der Waals surface area contributed by atoms with Crippen molar-refractivity contribution in [3.05, 3.63) is 42.9 Å². The number of esters is 1. The second kappa shape index (κ2) is 10.9. The van der Waals surface area contributed by atoms with Crippen LogP contribution in [-0.2, 0) is 19.1 Å². The average Bonchev–Trinajstić information content (AvgIpc) is 2.92.